The number of aromatic nitrogens is 1. The summed E-state index contributed by atoms with van der Waals surface area (Å²) in [5, 5.41) is 10.5. The molecule has 1 heterocycles. The van der Waals surface area contributed by atoms with E-state index in [1.807, 2.05) is 24.4 Å². The van der Waals surface area contributed by atoms with Gasteiger partial charge in [0.15, 0.2) is 0 Å². The zero-order chi connectivity index (χ0) is 12.5. The number of phenols is 1. The predicted molar refractivity (Wildman–Crippen MR) is 73.6 cm³/mol. The number of rotatable bonds is 1. The minimum Gasteiger partial charge on any atom is -0.508 e. The Morgan fingerprint density at radius 1 is 0.944 bits per heavy atom. The van der Waals surface area contributed by atoms with E-state index in [4.69, 9.17) is 0 Å². The van der Waals surface area contributed by atoms with Crippen molar-refractivity contribution in [2.45, 2.75) is 6.92 Å². The predicted octanol–water partition coefficient (Wildman–Crippen LogP) is 3.92. The standard InChI is InChI=1S/C16H13NO/c1-11-4-5-13-3-2-10-17-16(13)15(11)12-6-8-14(18)9-7-12/h2-10,18H,1H3. The van der Waals surface area contributed by atoms with E-state index in [0.717, 1.165) is 22.0 Å². The highest BCUT2D eigenvalue weighted by molar-refractivity contribution is 5.95. The molecule has 0 bridgehead atoms. The highest BCUT2D eigenvalue weighted by Gasteiger charge is 2.08. The number of phenolic OH excluding ortho intramolecular Hbond substituents is 1. The maximum Gasteiger partial charge on any atom is 0.115 e. The highest BCUT2D eigenvalue weighted by Crippen LogP contribution is 2.31. The summed E-state index contributed by atoms with van der Waals surface area (Å²) in [6.45, 7) is 2.08. The van der Waals surface area contributed by atoms with Gasteiger partial charge in [0, 0.05) is 17.1 Å². The second kappa shape index (κ2) is 4.15. The molecule has 2 aromatic carbocycles. The summed E-state index contributed by atoms with van der Waals surface area (Å²) < 4.78 is 0. The molecule has 0 saturated heterocycles. The minimum atomic E-state index is 0.282. The van der Waals surface area contributed by atoms with Crippen molar-refractivity contribution < 1.29 is 5.11 Å². The Balaban J connectivity index is 2.33. The van der Waals surface area contributed by atoms with E-state index in [9.17, 15) is 5.11 Å². The topological polar surface area (TPSA) is 33.1 Å². The normalized spacial score (nSPS) is 10.7. The van der Waals surface area contributed by atoms with E-state index in [0.29, 0.717) is 0 Å². The first-order chi connectivity index (χ1) is 8.75. The summed E-state index contributed by atoms with van der Waals surface area (Å²) in [5.74, 6) is 0.282. The number of benzene rings is 2. The van der Waals surface area contributed by atoms with Gasteiger partial charge in [-0.05, 0) is 36.2 Å². The molecule has 0 unspecified atom stereocenters. The third-order valence-corrected chi connectivity index (χ3v) is 3.14. The number of fused-ring (bicyclic) bond motifs is 1. The summed E-state index contributed by atoms with van der Waals surface area (Å²) in [6, 6.07) is 15.4. The summed E-state index contributed by atoms with van der Waals surface area (Å²) in [4.78, 5) is 4.48. The van der Waals surface area contributed by atoms with Gasteiger partial charge in [0.05, 0.1) is 5.52 Å². The Kier molecular flexibility index (Phi) is 2.49. The Bertz CT molecular complexity index is 702. The lowest BCUT2D eigenvalue weighted by Crippen LogP contribution is -1.88. The van der Waals surface area contributed by atoms with Gasteiger partial charge in [-0.3, -0.25) is 4.98 Å². The van der Waals surface area contributed by atoms with Crippen molar-refractivity contribution in [2.24, 2.45) is 0 Å². The third kappa shape index (κ3) is 1.72. The van der Waals surface area contributed by atoms with Gasteiger partial charge in [-0.2, -0.15) is 0 Å². The molecular formula is C16H13NO. The summed E-state index contributed by atoms with van der Waals surface area (Å²) in [7, 11) is 0. The van der Waals surface area contributed by atoms with Gasteiger partial charge >= 0.3 is 0 Å². The molecule has 1 N–H and O–H groups in total. The number of nitrogens with zero attached hydrogens (tertiary/aromatic N) is 1. The number of pyridine rings is 1. The largest absolute Gasteiger partial charge is 0.508 e. The van der Waals surface area contributed by atoms with Crippen molar-refractivity contribution in [3.05, 3.63) is 60.3 Å². The zero-order valence-corrected chi connectivity index (χ0v) is 10.1. The van der Waals surface area contributed by atoms with Crippen LogP contribution in [-0.4, -0.2) is 10.1 Å². The summed E-state index contributed by atoms with van der Waals surface area (Å²) in [5.41, 5.74) is 4.40. The number of hydrogen-bond donors (Lipinski definition) is 1. The summed E-state index contributed by atoms with van der Waals surface area (Å²) >= 11 is 0. The van der Waals surface area contributed by atoms with Gasteiger partial charge in [0.25, 0.3) is 0 Å². The molecule has 3 aromatic rings. The molecule has 0 aliphatic rings. The van der Waals surface area contributed by atoms with Crippen molar-refractivity contribution in [2.75, 3.05) is 0 Å². The van der Waals surface area contributed by atoms with Crippen molar-refractivity contribution >= 4 is 10.9 Å². The molecule has 0 spiro atoms. The van der Waals surface area contributed by atoms with Gasteiger partial charge in [0.2, 0.25) is 0 Å². The number of hydrogen-bond acceptors (Lipinski definition) is 2. The van der Waals surface area contributed by atoms with Crippen LogP contribution < -0.4 is 0 Å². The maximum atomic E-state index is 9.37. The molecule has 0 amide bonds. The molecule has 3 rings (SSSR count). The first-order valence-electron chi connectivity index (χ1n) is 5.89. The monoisotopic (exact) mass is 235 g/mol. The first-order valence-corrected chi connectivity index (χ1v) is 5.89. The fraction of sp³-hybridized carbons (Fsp3) is 0.0625. The van der Waals surface area contributed by atoms with Crippen LogP contribution in [0.2, 0.25) is 0 Å². The van der Waals surface area contributed by atoms with Crippen LogP contribution in [0.15, 0.2) is 54.7 Å². The van der Waals surface area contributed by atoms with Crippen LogP contribution in [-0.2, 0) is 0 Å². The minimum absolute atomic E-state index is 0.282. The maximum absolute atomic E-state index is 9.37. The van der Waals surface area contributed by atoms with E-state index >= 15 is 0 Å². The lowest BCUT2D eigenvalue weighted by Gasteiger charge is -2.09. The van der Waals surface area contributed by atoms with Crippen molar-refractivity contribution in [1.82, 2.24) is 4.98 Å². The molecule has 2 heteroatoms. The Morgan fingerprint density at radius 3 is 2.50 bits per heavy atom. The molecule has 0 atom stereocenters. The van der Waals surface area contributed by atoms with Crippen LogP contribution in [0, 0.1) is 6.92 Å². The van der Waals surface area contributed by atoms with Gasteiger partial charge in [-0.25, -0.2) is 0 Å². The van der Waals surface area contributed by atoms with Crippen LogP contribution in [0.1, 0.15) is 5.56 Å². The SMILES string of the molecule is Cc1ccc2cccnc2c1-c1ccc(O)cc1. The zero-order valence-electron chi connectivity index (χ0n) is 10.1. The Hall–Kier alpha value is -2.35. The Morgan fingerprint density at radius 2 is 1.72 bits per heavy atom. The lowest BCUT2D eigenvalue weighted by atomic mass is 9.97. The highest BCUT2D eigenvalue weighted by atomic mass is 16.3. The van der Waals surface area contributed by atoms with Crippen molar-refractivity contribution in [3.8, 4) is 16.9 Å². The molecule has 0 fully saturated rings. The van der Waals surface area contributed by atoms with Crippen LogP contribution >= 0.6 is 0 Å². The quantitative estimate of drug-likeness (QED) is 0.693. The van der Waals surface area contributed by atoms with E-state index in [-0.39, 0.29) is 5.75 Å². The average molecular weight is 235 g/mol. The number of aryl methyl sites for hydroxylation is 1. The summed E-state index contributed by atoms with van der Waals surface area (Å²) in [6.07, 6.45) is 1.81. The molecule has 0 aliphatic heterocycles. The van der Waals surface area contributed by atoms with E-state index < -0.39 is 0 Å². The van der Waals surface area contributed by atoms with Crippen LogP contribution in [0.25, 0.3) is 22.0 Å². The fourth-order valence-corrected chi connectivity index (χ4v) is 2.24. The molecule has 0 saturated carbocycles. The van der Waals surface area contributed by atoms with Gasteiger partial charge < -0.3 is 5.11 Å². The van der Waals surface area contributed by atoms with E-state index in [2.05, 4.69) is 30.1 Å². The van der Waals surface area contributed by atoms with E-state index in [1.54, 1.807) is 12.1 Å². The molecule has 1 aromatic heterocycles. The van der Waals surface area contributed by atoms with Crippen molar-refractivity contribution in [1.29, 1.82) is 0 Å². The van der Waals surface area contributed by atoms with Crippen LogP contribution in [0.4, 0.5) is 0 Å². The van der Waals surface area contributed by atoms with Crippen molar-refractivity contribution in [3.63, 3.8) is 0 Å². The Labute approximate surface area is 106 Å². The average Bonchev–Trinajstić information content (AvgIpc) is 2.40. The molecular weight excluding hydrogens is 222 g/mol. The lowest BCUT2D eigenvalue weighted by molar-refractivity contribution is 0.475. The molecule has 2 nitrogen and oxygen atoms in total. The van der Waals surface area contributed by atoms with Crippen LogP contribution in [0.5, 0.6) is 5.75 Å². The van der Waals surface area contributed by atoms with Gasteiger partial charge in [-0.15, -0.1) is 0 Å². The van der Waals surface area contributed by atoms with Crippen LogP contribution in [0.3, 0.4) is 0 Å². The second-order valence-electron chi connectivity index (χ2n) is 4.38. The van der Waals surface area contributed by atoms with Gasteiger partial charge in [-0.1, -0.05) is 30.3 Å². The smallest absolute Gasteiger partial charge is 0.115 e. The molecule has 88 valence electrons. The third-order valence-electron chi connectivity index (χ3n) is 3.14. The fourth-order valence-electron chi connectivity index (χ4n) is 2.24. The molecule has 18 heavy (non-hydrogen) atoms. The molecule has 0 aliphatic carbocycles. The second-order valence-corrected chi connectivity index (χ2v) is 4.38. The molecule has 0 radical (unpaired) electrons. The van der Waals surface area contributed by atoms with Gasteiger partial charge in [0.1, 0.15) is 5.75 Å². The number of aromatic hydroxyl groups is 1. The van der Waals surface area contributed by atoms with E-state index in [1.165, 1.54) is 5.56 Å². The first kappa shape index (κ1) is 10.8.